The third-order valence-corrected chi connectivity index (χ3v) is 6.67. The molecule has 1 aromatic carbocycles. The summed E-state index contributed by atoms with van der Waals surface area (Å²) in [5.41, 5.74) is 1.11. The van der Waals surface area contributed by atoms with Crippen LogP contribution in [0.1, 0.15) is 97.0 Å². The van der Waals surface area contributed by atoms with Crippen molar-refractivity contribution in [1.29, 1.82) is 0 Å². The van der Waals surface area contributed by atoms with Crippen molar-refractivity contribution in [3.63, 3.8) is 0 Å². The molecule has 214 valence electrons. The van der Waals surface area contributed by atoms with Crippen LogP contribution in [0.15, 0.2) is 30.3 Å². The Hall–Kier alpha value is -2.45. The maximum atomic E-state index is 12.7. The molecular weight excluding hydrogens is 488 g/mol. The van der Waals surface area contributed by atoms with Gasteiger partial charge in [-0.25, -0.2) is 0 Å². The molecule has 0 saturated carbocycles. The molecule has 8 nitrogen and oxygen atoms in total. The number of rotatable bonds is 17. The summed E-state index contributed by atoms with van der Waals surface area (Å²) in [4.78, 5) is 37.8. The summed E-state index contributed by atoms with van der Waals surface area (Å²) in [5, 5.41) is 10.8. The van der Waals surface area contributed by atoms with Crippen molar-refractivity contribution in [2.75, 3.05) is 6.61 Å². The smallest absolute Gasteiger partial charge is 0.306 e. The quantitative estimate of drug-likeness (QED) is 0.218. The maximum Gasteiger partial charge on any atom is 0.306 e. The summed E-state index contributed by atoms with van der Waals surface area (Å²) in [6.07, 6.45) is 2.20. The van der Waals surface area contributed by atoms with Gasteiger partial charge in [0.1, 0.15) is 6.10 Å². The van der Waals surface area contributed by atoms with Gasteiger partial charge in [0.2, 0.25) is 0 Å². The van der Waals surface area contributed by atoms with Crippen LogP contribution in [0, 0.1) is 0 Å². The van der Waals surface area contributed by atoms with Gasteiger partial charge in [-0.2, -0.15) is 0 Å². The molecule has 1 heterocycles. The number of hydrogen-bond acceptors (Lipinski definition) is 8. The van der Waals surface area contributed by atoms with E-state index in [1.165, 1.54) is 0 Å². The van der Waals surface area contributed by atoms with Crippen LogP contribution in [0.3, 0.4) is 0 Å². The Morgan fingerprint density at radius 1 is 0.842 bits per heavy atom. The van der Waals surface area contributed by atoms with E-state index in [2.05, 4.69) is 0 Å². The molecule has 8 heteroatoms. The number of aliphatic hydroxyl groups is 1. The lowest BCUT2D eigenvalue weighted by atomic mass is 9.93. The van der Waals surface area contributed by atoms with Gasteiger partial charge in [0, 0.05) is 25.7 Å². The highest BCUT2D eigenvalue weighted by Crippen LogP contribution is 2.29. The largest absolute Gasteiger partial charge is 0.456 e. The molecule has 0 radical (unpaired) electrons. The first-order valence-electron chi connectivity index (χ1n) is 14.3. The lowest BCUT2D eigenvalue weighted by Gasteiger charge is -2.41. The highest BCUT2D eigenvalue weighted by molar-refractivity contribution is 5.71. The van der Waals surface area contributed by atoms with Crippen LogP contribution < -0.4 is 0 Å². The number of esters is 3. The summed E-state index contributed by atoms with van der Waals surface area (Å²) in [7, 11) is 0. The average molecular weight is 535 g/mol. The number of ether oxygens (including phenoxy) is 4. The minimum absolute atomic E-state index is 0.0112. The standard InChI is InChI=1S/C30H46O8/c1-4-7-15-26(32)36-25-21-35-24(20-23(31)19-18-22-13-11-10-12-14-22)29(37-27(33)16-8-5-2)30(25)38-28(34)17-9-6-3/h10-14,23-25,29-31H,4-9,15-21H2,1-3H3/t23?,24?,25-,29?,30+/m1/s1. The maximum absolute atomic E-state index is 12.7. The van der Waals surface area contributed by atoms with Gasteiger partial charge in [0.25, 0.3) is 0 Å². The highest BCUT2D eigenvalue weighted by Gasteiger charge is 2.47. The molecule has 0 bridgehead atoms. The van der Waals surface area contributed by atoms with E-state index in [1.807, 2.05) is 51.1 Å². The van der Waals surface area contributed by atoms with Gasteiger partial charge in [-0.1, -0.05) is 70.4 Å². The van der Waals surface area contributed by atoms with E-state index in [1.54, 1.807) is 0 Å². The normalized spacial score (nSPS) is 21.9. The van der Waals surface area contributed by atoms with Gasteiger partial charge >= 0.3 is 17.9 Å². The lowest BCUT2D eigenvalue weighted by molar-refractivity contribution is -0.231. The molecule has 3 unspecified atom stereocenters. The van der Waals surface area contributed by atoms with Crippen molar-refractivity contribution in [2.45, 2.75) is 128 Å². The molecule has 1 fully saturated rings. The van der Waals surface area contributed by atoms with Gasteiger partial charge in [-0.05, 0) is 37.7 Å². The highest BCUT2D eigenvalue weighted by atomic mass is 16.6. The van der Waals surface area contributed by atoms with E-state index in [-0.39, 0.29) is 32.3 Å². The zero-order valence-corrected chi connectivity index (χ0v) is 23.3. The second kappa shape index (κ2) is 17.9. The fraction of sp³-hybridized carbons (Fsp3) is 0.700. The van der Waals surface area contributed by atoms with E-state index in [4.69, 9.17) is 18.9 Å². The summed E-state index contributed by atoms with van der Waals surface area (Å²) in [6, 6.07) is 9.87. The first-order valence-corrected chi connectivity index (χ1v) is 14.3. The van der Waals surface area contributed by atoms with Crippen LogP contribution in [-0.4, -0.2) is 60.1 Å². The molecule has 38 heavy (non-hydrogen) atoms. The molecule has 0 spiro atoms. The van der Waals surface area contributed by atoms with E-state index in [9.17, 15) is 19.5 Å². The van der Waals surface area contributed by atoms with E-state index in [0.717, 1.165) is 24.8 Å². The molecule has 1 aromatic rings. The topological polar surface area (TPSA) is 108 Å². The Balaban J connectivity index is 2.20. The number of aryl methyl sites for hydroxylation is 1. The van der Waals surface area contributed by atoms with Crippen molar-refractivity contribution in [3.8, 4) is 0 Å². The number of hydrogen-bond donors (Lipinski definition) is 1. The second-order valence-corrected chi connectivity index (χ2v) is 10.0. The third-order valence-electron chi connectivity index (χ3n) is 6.67. The molecule has 1 aliphatic heterocycles. The average Bonchev–Trinajstić information content (AvgIpc) is 2.91. The fourth-order valence-corrected chi connectivity index (χ4v) is 4.40. The summed E-state index contributed by atoms with van der Waals surface area (Å²) in [6.45, 7) is 5.93. The van der Waals surface area contributed by atoms with Crippen LogP contribution in [0.2, 0.25) is 0 Å². The van der Waals surface area contributed by atoms with Crippen molar-refractivity contribution in [1.82, 2.24) is 0 Å². The van der Waals surface area contributed by atoms with Crippen molar-refractivity contribution >= 4 is 17.9 Å². The fourth-order valence-electron chi connectivity index (χ4n) is 4.40. The minimum atomic E-state index is -1.00. The zero-order valence-electron chi connectivity index (χ0n) is 23.3. The lowest BCUT2D eigenvalue weighted by Crippen LogP contribution is -2.58. The van der Waals surface area contributed by atoms with Gasteiger partial charge in [0.05, 0.1) is 12.7 Å². The number of unbranched alkanes of at least 4 members (excludes halogenated alkanes) is 3. The van der Waals surface area contributed by atoms with Crippen molar-refractivity contribution < 1.29 is 38.4 Å². The molecule has 0 amide bonds. The van der Waals surface area contributed by atoms with E-state index in [0.29, 0.717) is 32.1 Å². The van der Waals surface area contributed by atoms with Gasteiger partial charge in [-0.3, -0.25) is 14.4 Å². The Kier molecular flexibility index (Phi) is 15.0. The first kappa shape index (κ1) is 31.8. The number of carbonyl (C=O) groups is 3. The van der Waals surface area contributed by atoms with Crippen LogP contribution in [0.25, 0.3) is 0 Å². The van der Waals surface area contributed by atoms with Gasteiger partial charge in [-0.15, -0.1) is 0 Å². The van der Waals surface area contributed by atoms with Crippen molar-refractivity contribution in [2.24, 2.45) is 0 Å². The Labute approximate surface area is 227 Å². The van der Waals surface area contributed by atoms with Crippen molar-refractivity contribution in [3.05, 3.63) is 35.9 Å². The molecule has 1 N–H and O–H groups in total. The van der Waals surface area contributed by atoms with E-state index < -0.39 is 48.4 Å². The SMILES string of the molecule is CCCCC(=O)OC1C(CC(O)CCc2ccccc2)OC[C@@H](OC(=O)CCCC)[C@@H]1OC(=O)CCCC. The van der Waals surface area contributed by atoms with Crippen LogP contribution in [0.5, 0.6) is 0 Å². The predicted molar refractivity (Wildman–Crippen MR) is 143 cm³/mol. The van der Waals surface area contributed by atoms with Crippen LogP contribution in [-0.2, 0) is 39.8 Å². The molecule has 0 aromatic heterocycles. The molecule has 1 aliphatic rings. The molecule has 2 rings (SSSR count). The minimum Gasteiger partial charge on any atom is -0.456 e. The summed E-state index contributed by atoms with van der Waals surface area (Å²) < 4.78 is 23.3. The zero-order chi connectivity index (χ0) is 27.8. The van der Waals surface area contributed by atoms with Crippen LogP contribution >= 0.6 is 0 Å². The second-order valence-electron chi connectivity index (χ2n) is 10.0. The molecule has 5 atom stereocenters. The number of benzene rings is 1. The predicted octanol–water partition coefficient (Wildman–Crippen LogP) is 5.08. The van der Waals surface area contributed by atoms with E-state index >= 15 is 0 Å². The molecule has 1 saturated heterocycles. The Morgan fingerprint density at radius 2 is 1.37 bits per heavy atom. The van der Waals surface area contributed by atoms with Gasteiger partial charge < -0.3 is 24.1 Å². The summed E-state index contributed by atoms with van der Waals surface area (Å²) >= 11 is 0. The first-order chi connectivity index (χ1) is 18.4. The number of aliphatic hydroxyl groups excluding tert-OH is 1. The number of carbonyl (C=O) groups excluding carboxylic acids is 3. The Morgan fingerprint density at radius 3 is 1.92 bits per heavy atom. The van der Waals surface area contributed by atoms with Crippen LogP contribution in [0.4, 0.5) is 0 Å². The molecule has 0 aliphatic carbocycles. The molecular formula is C30H46O8. The Bertz CT molecular complexity index is 827. The summed E-state index contributed by atoms with van der Waals surface area (Å²) in [5.74, 6) is -1.28. The van der Waals surface area contributed by atoms with Gasteiger partial charge in [0.15, 0.2) is 18.3 Å². The third kappa shape index (κ3) is 11.5. The monoisotopic (exact) mass is 534 g/mol.